The lowest BCUT2D eigenvalue weighted by atomic mass is 9.73. The van der Waals surface area contributed by atoms with Gasteiger partial charge in [-0.05, 0) is 63.0 Å². The molecule has 1 unspecified atom stereocenters. The Morgan fingerprint density at radius 2 is 1.72 bits per heavy atom. The quantitative estimate of drug-likeness (QED) is 0.446. The molecule has 0 aromatic carbocycles. The van der Waals surface area contributed by atoms with Crippen molar-refractivity contribution in [3.05, 3.63) is 12.3 Å². The number of ether oxygens (including phenoxy) is 1. The summed E-state index contributed by atoms with van der Waals surface area (Å²) in [6, 6.07) is 0. The van der Waals surface area contributed by atoms with E-state index in [0.717, 1.165) is 6.42 Å². The first-order valence-corrected chi connectivity index (χ1v) is 11.3. The predicted molar refractivity (Wildman–Crippen MR) is 112 cm³/mol. The second-order valence-corrected chi connectivity index (χ2v) is 9.36. The van der Waals surface area contributed by atoms with E-state index in [9.17, 15) is 0 Å². The van der Waals surface area contributed by atoms with Crippen LogP contribution >= 0.6 is 12.6 Å². The van der Waals surface area contributed by atoms with Gasteiger partial charge in [0.05, 0.1) is 6.10 Å². The van der Waals surface area contributed by atoms with Crippen molar-refractivity contribution in [3.63, 3.8) is 0 Å². The lowest BCUT2D eigenvalue weighted by Gasteiger charge is -2.36. The van der Waals surface area contributed by atoms with Gasteiger partial charge in [-0.3, -0.25) is 0 Å². The highest BCUT2D eigenvalue weighted by Gasteiger charge is 2.30. The van der Waals surface area contributed by atoms with Crippen LogP contribution < -0.4 is 0 Å². The van der Waals surface area contributed by atoms with E-state index in [1.54, 1.807) is 0 Å². The molecule has 146 valence electrons. The van der Waals surface area contributed by atoms with E-state index >= 15 is 0 Å². The molecule has 0 aromatic heterocycles. The van der Waals surface area contributed by atoms with Crippen LogP contribution in [0.25, 0.3) is 0 Å². The first kappa shape index (κ1) is 21.2. The Bertz CT molecular complexity index is 372. The van der Waals surface area contributed by atoms with Crippen LogP contribution in [-0.2, 0) is 4.74 Å². The third kappa shape index (κ3) is 8.86. The number of hydrogen-bond donors (Lipinski definition) is 1. The maximum Gasteiger partial charge on any atom is 0.101 e. The molecule has 25 heavy (non-hydrogen) atoms. The van der Waals surface area contributed by atoms with Gasteiger partial charge in [0.15, 0.2) is 0 Å². The van der Waals surface area contributed by atoms with Gasteiger partial charge in [-0.2, -0.15) is 0 Å². The highest BCUT2D eigenvalue weighted by atomic mass is 32.1. The third-order valence-corrected chi connectivity index (χ3v) is 6.43. The molecule has 1 atom stereocenters. The zero-order chi connectivity index (χ0) is 18.0. The van der Waals surface area contributed by atoms with Crippen LogP contribution in [0.3, 0.4) is 0 Å². The second kappa shape index (κ2) is 11.5. The largest absolute Gasteiger partial charge is 0.381 e. The van der Waals surface area contributed by atoms with E-state index in [1.807, 2.05) is 0 Å². The van der Waals surface area contributed by atoms with Gasteiger partial charge >= 0.3 is 0 Å². The smallest absolute Gasteiger partial charge is 0.101 e. The summed E-state index contributed by atoms with van der Waals surface area (Å²) in [6.07, 6.45) is 23.6. The van der Waals surface area contributed by atoms with E-state index in [2.05, 4.69) is 43.8 Å². The maximum absolute atomic E-state index is 6.12. The first-order valence-electron chi connectivity index (χ1n) is 10.8. The lowest BCUT2D eigenvalue weighted by Crippen LogP contribution is -2.28. The number of nitrogens with zero attached hydrogens (tertiary/aromatic N) is 1. The summed E-state index contributed by atoms with van der Waals surface area (Å²) in [4.78, 5) is 2.24. The Morgan fingerprint density at radius 1 is 1.04 bits per heavy atom. The highest BCUT2D eigenvalue weighted by molar-refractivity contribution is 7.80. The van der Waals surface area contributed by atoms with Crippen LogP contribution in [0, 0.1) is 5.41 Å². The molecule has 2 saturated carbocycles. The fourth-order valence-corrected chi connectivity index (χ4v) is 5.07. The molecule has 1 heterocycles. The fraction of sp³-hybridized carbons (Fsp3) is 0.909. The van der Waals surface area contributed by atoms with Crippen molar-refractivity contribution in [1.82, 2.24) is 4.90 Å². The fourth-order valence-electron chi connectivity index (χ4n) is 4.45. The SMILES string of the molecule is CC1(CC(S)OC2CCCCC2)CCCCC1.CN1C=CCCCC1. The van der Waals surface area contributed by atoms with Crippen LogP contribution in [0.15, 0.2) is 12.3 Å². The summed E-state index contributed by atoms with van der Waals surface area (Å²) in [7, 11) is 2.13. The molecule has 3 aliphatic rings. The summed E-state index contributed by atoms with van der Waals surface area (Å²) in [5.41, 5.74) is 0.667. The van der Waals surface area contributed by atoms with E-state index in [4.69, 9.17) is 4.74 Å². The van der Waals surface area contributed by atoms with Gasteiger partial charge in [-0.1, -0.05) is 51.5 Å². The van der Waals surface area contributed by atoms with Gasteiger partial charge in [0, 0.05) is 13.6 Å². The Morgan fingerprint density at radius 3 is 2.44 bits per heavy atom. The molecule has 3 heteroatoms. The Labute approximate surface area is 162 Å². The van der Waals surface area contributed by atoms with E-state index in [0.29, 0.717) is 11.5 Å². The van der Waals surface area contributed by atoms with E-state index in [1.165, 1.54) is 90.0 Å². The molecular weight excluding hydrogens is 326 g/mol. The topological polar surface area (TPSA) is 12.5 Å². The van der Waals surface area contributed by atoms with Gasteiger partial charge in [0.1, 0.15) is 5.44 Å². The molecule has 0 saturated heterocycles. The van der Waals surface area contributed by atoms with Crippen molar-refractivity contribution >= 4 is 12.6 Å². The van der Waals surface area contributed by atoms with Gasteiger partial charge < -0.3 is 9.64 Å². The molecule has 2 aliphatic carbocycles. The summed E-state index contributed by atoms with van der Waals surface area (Å²) in [5.74, 6) is 0. The van der Waals surface area contributed by atoms with E-state index in [-0.39, 0.29) is 5.44 Å². The van der Waals surface area contributed by atoms with Crippen molar-refractivity contribution in [2.24, 2.45) is 5.41 Å². The van der Waals surface area contributed by atoms with Crippen LogP contribution in [-0.4, -0.2) is 30.0 Å². The third-order valence-electron chi connectivity index (χ3n) is 6.12. The molecule has 3 rings (SSSR count). The van der Waals surface area contributed by atoms with Gasteiger partial charge in [-0.25, -0.2) is 0 Å². The van der Waals surface area contributed by atoms with Crippen molar-refractivity contribution < 1.29 is 4.74 Å². The van der Waals surface area contributed by atoms with Crippen LogP contribution in [0.1, 0.15) is 96.8 Å². The molecular formula is C22H41NOS. The van der Waals surface area contributed by atoms with Gasteiger partial charge in [-0.15, -0.1) is 12.6 Å². The Balaban J connectivity index is 0.000000236. The molecule has 2 nitrogen and oxygen atoms in total. The van der Waals surface area contributed by atoms with Crippen molar-refractivity contribution in [3.8, 4) is 0 Å². The number of hydrogen-bond acceptors (Lipinski definition) is 3. The summed E-state index contributed by atoms with van der Waals surface area (Å²) in [5, 5.41) is 0. The summed E-state index contributed by atoms with van der Waals surface area (Å²) < 4.78 is 6.12. The van der Waals surface area contributed by atoms with E-state index < -0.39 is 0 Å². The minimum Gasteiger partial charge on any atom is -0.381 e. The molecule has 0 radical (unpaired) electrons. The van der Waals surface area contributed by atoms with Crippen molar-refractivity contribution in [2.45, 2.75) is 108 Å². The Hall–Kier alpha value is -0.150. The Kier molecular flexibility index (Phi) is 9.76. The predicted octanol–water partition coefficient (Wildman–Crippen LogP) is 6.57. The maximum atomic E-state index is 6.12. The van der Waals surface area contributed by atoms with Crippen molar-refractivity contribution in [1.29, 1.82) is 0 Å². The average molecular weight is 368 g/mol. The summed E-state index contributed by atoms with van der Waals surface area (Å²) >= 11 is 4.68. The van der Waals surface area contributed by atoms with Crippen molar-refractivity contribution in [2.75, 3.05) is 13.6 Å². The molecule has 2 fully saturated rings. The van der Waals surface area contributed by atoms with Gasteiger partial charge in [0.25, 0.3) is 0 Å². The molecule has 0 amide bonds. The molecule has 1 aliphatic heterocycles. The minimum absolute atomic E-state index is 0.168. The minimum atomic E-state index is 0.168. The number of thiol groups is 1. The average Bonchev–Trinajstić information content (AvgIpc) is 2.84. The molecule has 0 bridgehead atoms. The monoisotopic (exact) mass is 367 g/mol. The zero-order valence-corrected chi connectivity index (χ0v) is 17.6. The number of allylic oxidation sites excluding steroid dienone is 1. The first-order chi connectivity index (χ1) is 12.1. The summed E-state index contributed by atoms with van der Waals surface area (Å²) in [6.45, 7) is 3.66. The standard InChI is InChI=1S/C15H28OS.C7H13N/c1-15(10-6-3-7-11-15)12-14(17)16-13-8-4-2-5-9-13;1-8-6-4-2-3-5-7-8/h13-14,17H,2-12H2,1H3;4,6H,2-3,5,7H2,1H3. The van der Waals surface area contributed by atoms with Crippen LogP contribution in [0.2, 0.25) is 0 Å². The molecule has 0 N–H and O–H groups in total. The highest BCUT2D eigenvalue weighted by Crippen LogP contribution is 2.41. The molecule has 0 spiro atoms. The molecule has 0 aromatic rings. The van der Waals surface area contributed by atoms with Crippen LogP contribution in [0.4, 0.5) is 0 Å². The van der Waals surface area contributed by atoms with Crippen LogP contribution in [0.5, 0.6) is 0 Å². The lowest BCUT2D eigenvalue weighted by molar-refractivity contribution is -0.0105. The zero-order valence-electron chi connectivity index (χ0n) is 16.7. The van der Waals surface area contributed by atoms with Gasteiger partial charge in [0.2, 0.25) is 0 Å². The second-order valence-electron chi connectivity index (χ2n) is 8.79. The number of rotatable bonds is 4. The normalized spacial score (nSPS) is 25.6.